The van der Waals surface area contributed by atoms with E-state index in [4.69, 9.17) is 4.74 Å². The Kier molecular flexibility index (Phi) is 6.85. The molecule has 0 aromatic heterocycles. The summed E-state index contributed by atoms with van der Waals surface area (Å²) < 4.78 is 33.4. The van der Waals surface area contributed by atoms with Crippen LogP contribution >= 0.6 is 0 Å². The van der Waals surface area contributed by atoms with Crippen molar-refractivity contribution in [3.8, 4) is 0 Å². The second kappa shape index (κ2) is 9.64. The molecule has 1 saturated carbocycles. The average Bonchev–Trinajstić information content (AvgIpc) is 3.23. The van der Waals surface area contributed by atoms with Gasteiger partial charge in [-0.15, -0.1) is 0 Å². The Hall–Kier alpha value is -2.72. The quantitative estimate of drug-likeness (QED) is 0.620. The van der Waals surface area contributed by atoms with E-state index in [0.29, 0.717) is 5.56 Å². The predicted octanol–water partition coefficient (Wildman–Crippen LogP) is 1.20. The SMILES string of the molecule is COC(=O)C1C[C@@H]2CN1C(=O)C(C1CCCCC1)NC(=O)C=Cc1ccc(cc1)S(=O)(=O)N2. The van der Waals surface area contributed by atoms with Crippen LogP contribution in [-0.2, 0) is 29.1 Å². The molecule has 0 radical (unpaired) electrons. The van der Waals surface area contributed by atoms with Gasteiger partial charge in [0.1, 0.15) is 12.1 Å². The molecule has 1 aromatic rings. The van der Waals surface area contributed by atoms with E-state index in [1.54, 1.807) is 18.2 Å². The number of methoxy groups -OCH3 is 1. The fraction of sp³-hybridized carbons (Fsp3) is 0.522. The van der Waals surface area contributed by atoms with E-state index in [1.165, 1.54) is 30.2 Å². The minimum Gasteiger partial charge on any atom is -0.467 e. The number of amides is 2. The van der Waals surface area contributed by atoms with E-state index in [0.717, 1.165) is 32.1 Å². The maximum atomic E-state index is 13.7. The molecule has 10 heteroatoms. The van der Waals surface area contributed by atoms with E-state index < -0.39 is 40.0 Å². The number of carbonyl (C=O) groups excluding carboxylic acids is 3. The van der Waals surface area contributed by atoms with Crippen LogP contribution in [0.5, 0.6) is 0 Å². The monoisotopic (exact) mass is 475 g/mol. The zero-order chi connectivity index (χ0) is 23.6. The lowest BCUT2D eigenvalue weighted by atomic mass is 9.83. The number of ether oxygens (including phenoxy) is 1. The highest BCUT2D eigenvalue weighted by molar-refractivity contribution is 7.89. The number of benzene rings is 1. The van der Waals surface area contributed by atoms with Gasteiger partial charge in [0.2, 0.25) is 21.8 Å². The highest BCUT2D eigenvalue weighted by atomic mass is 32.2. The Bertz CT molecular complexity index is 1050. The van der Waals surface area contributed by atoms with Crippen LogP contribution in [0.15, 0.2) is 35.2 Å². The summed E-state index contributed by atoms with van der Waals surface area (Å²) in [4.78, 5) is 40.4. The summed E-state index contributed by atoms with van der Waals surface area (Å²) in [7, 11) is -2.63. The van der Waals surface area contributed by atoms with Gasteiger partial charge < -0.3 is 15.0 Å². The van der Waals surface area contributed by atoms with Gasteiger partial charge in [-0.2, -0.15) is 0 Å². The molecular weight excluding hydrogens is 446 g/mol. The van der Waals surface area contributed by atoms with Gasteiger partial charge in [0.25, 0.3) is 0 Å². The van der Waals surface area contributed by atoms with Crippen LogP contribution in [0.2, 0.25) is 0 Å². The molecular formula is C23H29N3O6S. The van der Waals surface area contributed by atoms with E-state index in [1.807, 2.05) is 0 Å². The summed E-state index contributed by atoms with van der Waals surface area (Å²) in [5.41, 5.74) is 0.663. The molecule has 1 aliphatic carbocycles. The van der Waals surface area contributed by atoms with Crippen LogP contribution in [0.3, 0.4) is 0 Å². The zero-order valence-electron chi connectivity index (χ0n) is 18.5. The fourth-order valence-corrected chi connectivity index (χ4v) is 6.21. The molecule has 2 N–H and O–H groups in total. The highest BCUT2D eigenvalue weighted by Gasteiger charge is 2.45. The average molecular weight is 476 g/mol. The molecule has 2 amide bonds. The lowest BCUT2D eigenvalue weighted by molar-refractivity contribution is -0.152. The molecule has 2 fully saturated rings. The van der Waals surface area contributed by atoms with E-state index in [9.17, 15) is 22.8 Å². The Labute approximate surface area is 193 Å². The number of carbonyl (C=O) groups is 3. The second-order valence-electron chi connectivity index (χ2n) is 8.87. The van der Waals surface area contributed by atoms with Crippen molar-refractivity contribution in [1.29, 1.82) is 0 Å². The third-order valence-electron chi connectivity index (χ3n) is 6.68. The lowest BCUT2D eigenvalue weighted by Crippen LogP contribution is -2.55. The molecule has 1 aromatic carbocycles. The molecule has 5 rings (SSSR count). The highest BCUT2D eigenvalue weighted by Crippen LogP contribution is 2.30. The van der Waals surface area contributed by atoms with E-state index >= 15 is 0 Å². The lowest BCUT2D eigenvalue weighted by Gasteiger charge is -2.34. The fourth-order valence-electron chi connectivity index (χ4n) is 4.97. The third kappa shape index (κ3) is 5.11. The van der Waals surface area contributed by atoms with Crippen molar-refractivity contribution < 1.29 is 27.5 Å². The summed E-state index contributed by atoms with van der Waals surface area (Å²) >= 11 is 0. The molecule has 9 nitrogen and oxygen atoms in total. The van der Waals surface area contributed by atoms with Crippen LogP contribution in [0.25, 0.3) is 6.08 Å². The molecule has 2 unspecified atom stereocenters. The standard InChI is InChI=1S/C23H29N3O6S/c1-32-23(29)19-13-17-14-26(19)22(28)21(16-5-3-2-4-6-16)24-20(27)12-9-15-7-10-18(11-8-15)33(30,31)25-17/h7-12,16-17,19,21,25H,2-6,13-14H2,1H3,(H,24,27)/t17-,19?,21?/m1/s1. The Morgan fingerprint density at radius 2 is 1.76 bits per heavy atom. The van der Waals surface area contributed by atoms with Crippen molar-refractivity contribution in [3.05, 3.63) is 35.9 Å². The van der Waals surface area contributed by atoms with Gasteiger partial charge in [0, 0.05) is 18.7 Å². The number of hydrogen-bond donors (Lipinski definition) is 2. The molecule has 3 atom stereocenters. The number of nitrogens with one attached hydrogen (secondary N) is 2. The minimum absolute atomic E-state index is 0.0187. The van der Waals surface area contributed by atoms with Gasteiger partial charge in [-0.25, -0.2) is 17.9 Å². The Morgan fingerprint density at radius 1 is 1.06 bits per heavy atom. The number of hydrogen-bond acceptors (Lipinski definition) is 6. The maximum Gasteiger partial charge on any atom is 0.328 e. The number of nitrogens with zero attached hydrogens (tertiary/aromatic N) is 1. The molecule has 0 spiro atoms. The van der Waals surface area contributed by atoms with Crippen molar-refractivity contribution in [2.75, 3.05) is 13.7 Å². The first-order valence-corrected chi connectivity index (χ1v) is 12.8. The van der Waals surface area contributed by atoms with Gasteiger partial charge in [-0.1, -0.05) is 31.4 Å². The van der Waals surface area contributed by atoms with Crippen LogP contribution in [0, 0.1) is 5.92 Å². The molecule has 3 heterocycles. The van der Waals surface area contributed by atoms with Crippen LogP contribution in [-0.4, -0.2) is 62.9 Å². The van der Waals surface area contributed by atoms with Crippen molar-refractivity contribution in [1.82, 2.24) is 14.9 Å². The summed E-state index contributed by atoms with van der Waals surface area (Å²) in [6.07, 6.45) is 7.63. The Morgan fingerprint density at radius 3 is 2.42 bits per heavy atom. The number of fused-ring (bicyclic) bond motifs is 7. The maximum absolute atomic E-state index is 13.7. The molecule has 1 saturated heterocycles. The van der Waals surface area contributed by atoms with Crippen LogP contribution in [0.4, 0.5) is 0 Å². The largest absolute Gasteiger partial charge is 0.467 e. The number of sulfonamides is 1. The van der Waals surface area contributed by atoms with Crippen molar-refractivity contribution in [2.24, 2.45) is 5.92 Å². The van der Waals surface area contributed by atoms with Gasteiger partial charge in [0.15, 0.2) is 0 Å². The van der Waals surface area contributed by atoms with Crippen molar-refractivity contribution in [2.45, 2.75) is 61.5 Å². The van der Waals surface area contributed by atoms with Gasteiger partial charge in [0.05, 0.1) is 12.0 Å². The summed E-state index contributed by atoms with van der Waals surface area (Å²) in [5, 5.41) is 2.87. The molecule has 3 aliphatic heterocycles. The molecule has 33 heavy (non-hydrogen) atoms. The normalized spacial score (nSPS) is 28.2. The van der Waals surface area contributed by atoms with Gasteiger partial charge in [-0.05, 0) is 49.0 Å². The van der Waals surface area contributed by atoms with E-state index in [-0.39, 0.29) is 29.7 Å². The van der Waals surface area contributed by atoms with Crippen molar-refractivity contribution >= 4 is 33.9 Å². The zero-order valence-corrected chi connectivity index (χ0v) is 19.3. The summed E-state index contributed by atoms with van der Waals surface area (Å²) in [5.74, 6) is -1.44. The van der Waals surface area contributed by atoms with Crippen LogP contribution in [0.1, 0.15) is 44.1 Å². The topological polar surface area (TPSA) is 122 Å². The summed E-state index contributed by atoms with van der Waals surface area (Å²) in [6, 6.07) is 3.76. The first kappa shape index (κ1) is 23.4. The van der Waals surface area contributed by atoms with Crippen molar-refractivity contribution in [3.63, 3.8) is 0 Å². The Balaban J connectivity index is 1.74. The molecule has 178 valence electrons. The smallest absolute Gasteiger partial charge is 0.328 e. The number of esters is 1. The minimum atomic E-state index is -3.86. The number of rotatable bonds is 2. The van der Waals surface area contributed by atoms with Gasteiger partial charge in [-0.3, -0.25) is 9.59 Å². The third-order valence-corrected chi connectivity index (χ3v) is 8.22. The van der Waals surface area contributed by atoms with Crippen LogP contribution < -0.4 is 10.0 Å². The second-order valence-corrected chi connectivity index (χ2v) is 10.6. The first-order valence-electron chi connectivity index (χ1n) is 11.3. The first-order chi connectivity index (χ1) is 15.8. The van der Waals surface area contributed by atoms with Gasteiger partial charge >= 0.3 is 5.97 Å². The predicted molar refractivity (Wildman–Crippen MR) is 120 cm³/mol. The molecule has 4 aliphatic rings. The molecule has 4 bridgehead atoms. The van der Waals surface area contributed by atoms with E-state index in [2.05, 4.69) is 10.0 Å². The summed E-state index contributed by atoms with van der Waals surface area (Å²) in [6.45, 7) is 0.0187.